The van der Waals surface area contributed by atoms with E-state index in [1.165, 1.54) is 12.1 Å². The minimum absolute atomic E-state index is 0.0542. The Labute approximate surface area is 97.8 Å². The number of β-amino-alcohol motifs (C(OH)–C–C–N with tert-alkyl or cyclic N) is 1. The number of aliphatic hydroxyl groups is 1. The molecule has 1 atom stereocenters. The van der Waals surface area contributed by atoms with E-state index in [1.807, 2.05) is 4.90 Å². The van der Waals surface area contributed by atoms with Gasteiger partial charge in [0.15, 0.2) is 0 Å². The Morgan fingerprint density at radius 2 is 2.35 bits per heavy atom. The van der Waals surface area contributed by atoms with E-state index in [-0.39, 0.29) is 17.4 Å². The summed E-state index contributed by atoms with van der Waals surface area (Å²) in [7, 11) is 0. The highest BCUT2D eigenvalue weighted by Gasteiger charge is 2.23. The van der Waals surface area contributed by atoms with E-state index in [1.54, 1.807) is 12.1 Å². The number of hydrogen-bond donors (Lipinski definition) is 1. The van der Waals surface area contributed by atoms with Gasteiger partial charge in [0.1, 0.15) is 11.6 Å². The molecule has 1 heterocycles. The molecule has 1 aromatic carbocycles. The van der Waals surface area contributed by atoms with Gasteiger partial charge in [0.05, 0.1) is 11.0 Å². The van der Waals surface area contributed by atoms with Gasteiger partial charge < -0.3 is 10.0 Å². The third kappa shape index (κ3) is 2.19. The Bertz CT molecular complexity index is 495. The predicted molar refractivity (Wildman–Crippen MR) is 60.6 cm³/mol. The summed E-state index contributed by atoms with van der Waals surface area (Å²) in [5, 5.41) is 29.0. The zero-order valence-electron chi connectivity index (χ0n) is 9.04. The topological polar surface area (TPSA) is 90.4 Å². The Morgan fingerprint density at radius 1 is 1.59 bits per heavy atom. The fraction of sp³-hybridized carbons (Fsp3) is 0.364. The quantitative estimate of drug-likeness (QED) is 0.608. The van der Waals surface area contributed by atoms with Crippen LogP contribution in [0.3, 0.4) is 0 Å². The first-order valence-electron chi connectivity index (χ1n) is 5.23. The van der Waals surface area contributed by atoms with Crippen LogP contribution in [-0.2, 0) is 0 Å². The van der Waals surface area contributed by atoms with Crippen molar-refractivity contribution in [2.75, 3.05) is 18.0 Å². The normalized spacial score (nSPS) is 19.1. The number of benzene rings is 1. The zero-order valence-corrected chi connectivity index (χ0v) is 9.04. The van der Waals surface area contributed by atoms with E-state index < -0.39 is 4.92 Å². The molecule has 0 amide bonds. The number of anilines is 1. The number of nitriles is 1. The van der Waals surface area contributed by atoms with Gasteiger partial charge in [-0.2, -0.15) is 5.26 Å². The molecule has 1 fully saturated rings. The van der Waals surface area contributed by atoms with Crippen molar-refractivity contribution in [2.45, 2.75) is 12.5 Å². The summed E-state index contributed by atoms with van der Waals surface area (Å²) >= 11 is 0. The Kier molecular flexibility index (Phi) is 2.93. The van der Waals surface area contributed by atoms with Crippen molar-refractivity contribution in [1.29, 1.82) is 5.26 Å². The molecule has 1 N–H and O–H groups in total. The highest BCUT2D eigenvalue weighted by molar-refractivity contribution is 5.60. The molecule has 0 aromatic heterocycles. The van der Waals surface area contributed by atoms with Crippen LogP contribution >= 0.6 is 0 Å². The van der Waals surface area contributed by atoms with Gasteiger partial charge in [0.25, 0.3) is 5.69 Å². The second kappa shape index (κ2) is 4.39. The van der Waals surface area contributed by atoms with Gasteiger partial charge in [0, 0.05) is 24.8 Å². The number of hydrogen-bond acceptors (Lipinski definition) is 5. The number of aliphatic hydroxyl groups excluding tert-OH is 1. The monoisotopic (exact) mass is 233 g/mol. The van der Waals surface area contributed by atoms with E-state index in [4.69, 9.17) is 5.26 Å². The molecule has 1 aliphatic rings. The Morgan fingerprint density at radius 3 is 2.88 bits per heavy atom. The summed E-state index contributed by atoms with van der Waals surface area (Å²) in [6.45, 7) is 1.15. The standard InChI is InChI=1S/C11H11N3O3/c12-6-8-1-2-9(5-11(8)14(16)17)13-4-3-10(15)7-13/h1-2,5,10,15H,3-4,7H2. The summed E-state index contributed by atoms with van der Waals surface area (Å²) < 4.78 is 0. The number of nitro benzene ring substituents is 1. The summed E-state index contributed by atoms with van der Waals surface area (Å²) in [5.41, 5.74) is 0.539. The molecule has 1 unspecified atom stereocenters. The fourth-order valence-electron chi connectivity index (χ4n) is 1.94. The van der Waals surface area contributed by atoms with Crippen molar-refractivity contribution in [3.63, 3.8) is 0 Å². The molecular formula is C11H11N3O3. The van der Waals surface area contributed by atoms with Gasteiger partial charge in [-0.05, 0) is 18.6 Å². The lowest BCUT2D eigenvalue weighted by Gasteiger charge is -2.17. The number of rotatable bonds is 2. The number of nitro groups is 1. The molecule has 6 nitrogen and oxygen atoms in total. The molecule has 0 saturated carbocycles. The van der Waals surface area contributed by atoms with E-state index in [0.717, 1.165) is 0 Å². The van der Waals surface area contributed by atoms with Crippen molar-refractivity contribution >= 4 is 11.4 Å². The first kappa shape index (κ1) is 11.4. The van der Waals surface area contributed by atoms with Crippen LogP contribution in [0.2, 0.25) is 0 Å². The van der Waals surface area contributed by atoms with Crippen LogP contribution in [0, 0.1) is 21.4 Å². The average Bonchev–Trinajstić information content (AvgIpc) is 2.75. The van der Waals surface area contributed by atoms with Crippen molar-refractivity contribution < 1.29 is 10.0 Å². The SMILES string of the molecule is N#Cc1ccc(N2CCC(O)C2)cc1[N+](=O)[O-]. The minimum Gasteiger partial charge on any atom is -0.391 e. The van der Waals surface area contributed by atoms with Gasteiger partial charge in [-0.25, -0.2) is 0 Å². The summed E-state index contributed by atoms with van der Waals surface area (Å²) in [5.74, 6) is 0. The smallest absolute Gasteiger partial charge is 0.289 e. The van der Waals surface area contributed by atoms with Gasteiger partial charge in [-0.3, -0.25) is 10.1 Å². The maximum atomic E-state index is 10.8. The molecule has 1 aromatic rings. The molecule has 2 rings (SSSR count). The molecule has 0 radical (unpaired) electrons. The molecule has 0 spiro atoms. The van der Waals surface area contributed by atoms with Crippen LogP contribution in [0.4, 0.5) is 11.4 Å². The lowest BCUT2D eigenvalue weighted by Crippen LogP contribution is -2.21. The molecule has 6 heteroatoms. The highest BCUT2D eigenvalue weighted by Crippen LogP contribution is 2.27. The average molecular weight is 233 g/mol. The second-order valence-electron chi connectivity index (χ2n) is 3.96. The predicted octanol–water partition coefficient (Wildman–Crippen LogP) is 1.04. The summed E-state index contributed by atoms with van der Waals surface area (Å²) in [6, 6.07) is 6.29. The lowest BCUT2D eigenvalue weighted by molar-refractivity contribution is -0.385. The van der Waals surface area contributed by atoms with E-state index >= 15 is 0 Å². The molecule has 0 aliphatic carbocycles. The maximum absolute atomic E-state index is 10.8. The summed E-state index contributed by atoms with van der Waals surface area (Å²) in [4.78, 5) is 12.1. The highest BCUT2D eigenvalue weighted by atomic mass is 16.6. The summed E-state index contributed by atoms with van der Waals surface area (Å²) in [6.07, 6.45) is 0.276. The van der Waals surface area contributed by atoms with Gasteiger partial charge >= 0.3 is 0 Å². The van der Waals surface area contributed by atoms with Crippen molar-refractivity contribution in [1.82, 2.24) is 0 Å². The van der Waals surface area contributed by atoms with Crippen LogP contribution in [0.5, 0.6) is 0 Å². The third-order valence-electron chi connectivity index (χ3n) is 2.83. The van der Waals surface area contributed by atoms with Crippen LogP contribution in [0.15, 0.2) is 18.2 Å². The molecule has 88 valence electrons. The van der Waals surface area contributed by atoms with Crippen LogP contribution < -0.4 is 4.90 Å². The van der Waals surface area contributed by atoms with Crippen LogP contribution in [0.1, 0.15) is 12.0 Å². The molecule has 1 aliphatic heterocycles. The largest absolute Gasteiger partial charge is 0.391 e. The first-order valence-corrected chi connectivity index (χ1v) is 5.23. The van der Waals surface area contributed by atoms with E-state index in [2.05, 4.69) is 0 Å². The lowest BCUT2D eigenvalue weighted by atomic mass is 10.1. The van der Waals surface area contributed by atoms with Crippen LogP contribution in [0.25, 0.3) is 0 Å². The minimum atomic E-state index is -0.561. The van der Waals surface area contributed by atoms with Crippen molar-refractivity contribution in [2.24, 2.45) is 0 Å². The molecule has 1 saturated heterocycles. The van der Waals surface area contributed by atoms with Gasteiger partial charge in [-0.1, -0.05) is 0 Å². The maximum Gasteiger partial charge on any atom is 0.289 e. The van der Waals surface area contributed by atoms with Crippen molar-refractivity contribution in [3.05, 3.63) is 33.9 Å². The Balaban J connectivity index is 2.35. The van der Waals surface area contributed by atoms with E-state index in [0.29, 0.717) is 25.2 Å². The Hall–Kier alpha value is -2.13. The number of nitrogens with zero attached hydrogens (tertiary/aromatic N) is 3. The molecule has 0 bridgehead atoms. The molecular weight excluding hydrogens is 222 g/mol. The zero-order chi connectivity index (χ0) is 12.4. The van der Waals surface area contributed by atoms with Gasteiger partial charge in [-0.15, -0.1) is 0 Å². The van der Waals surface area contributed by atoms with Crippen molar-refractivity contribution in [3.8, 4) is 6.07 Å². The van der Waals surface area contributed by atoms with E-state index in [9.17, 15) is 15.2 Å². The second-order valence-corrected chi connectivity index (χ2v) is 3.96. The first-order chi connectivity index (χ1) is 8.11. The fourth-order valence-corrected chi connectivity index (χ4v) is 1.94. The van der Waals surface area contributed by atoms with Crippen LogP contribution in [-0.4, -0.2) is 29.2 Å². The third-order valence-corrected chi connectivity index (χ3v) is 2.83. The molecule has 17 heavy (non-hydrogen) atoms. The van der Waals surface area contributed by atoms with Gasteiger partial charge in [0.2, 0.25) is 0 Å².